The predicted octanol–water partition coefficient (Wildman–Crippen LogP) is 4.79. The molecule has 0 aliphatic heterocycles. The topological polar surface area (TPSA) is 29.1 Å². The lowest BCUT2D eigenvalue weighted by Gasteiger charge is -2.31. The van der Waals surface area contributed by atoms with Crippen molar-refractivity contribution in [3.8, 4) is 0 Å². The maximum Gasteiger partial charge on any atom is 0.251 e. The van der Waals surface area contributed by atoms with E-state index in [0.717, 1.165) is 16.6 Å². The van der Waals surface area contributed by atoms with Gasteiger partial charge >= 0.3 is 0 Å². The van der Waals surface area contributed by atoms with Gasteiger partial charge in [-0.2, -0.15) is 0 Å². The Bertz CT molecular complexity index is 447. The summed E-state index contributed by atoms with van der Waals surface area (Å²) >= 11 is 3.39. The summed E-state index contributed by atoms with van der Waals surface area (Å²) in [5, 5.41) is 3.15. The standard InChI is InChI=1S/C17H24BrNO/c1-13(2)11-17(9-3-4-10-17)12-19-16(20)14-5-7-15(18)8-6-14/h5-8,13H,3-4,9-12H2,1-2H3,(H,19,20). The van der Waals surface area contributed by atoms with Gasteiger partial charge in [-0.15, -0.1) is 0 Å². The molecule has 0 saturated heterocycles. The van der Waals surface area contributed by atoms with Crippen molar-refractivity contribution >= 4 is 21.8 Å². The largest absolute Gasteiger partial charge is 0.351 e. The van der Waals surface area contributed by atoms with E-state index < -0.39 is 0 Å². The van der Waals surface area contributed by atoms with Gasteiger partial charge in [-0.25, -0.2) is 0 Å². The van der Waals surface area contributed by atoms with Crippen LogP contribution in [-0.2, 0) is 0 Å². The number of hydrogen-bond donors (Lipinski definition) is 1. The summed E-state index contributed by atoms with van der Waals surface area (Å²) in [5.74, 6) is 0.741. The van der Waals surface area contributed by atoms with Gasteiger partial charge in [-0.05, 0) is 54.9 Å². The monoisotopic (exact) mass is 337 g/mol. The van der Waals surface area contributed by atoms with Crippen molar-refractivity contribution in [2.45, 2.75) is 46.0 Å². The van der Waals surface area contributed by atoms with Crippen LogP contribution in [0.1, 0.15) is 56.3 Å². The van der Waals surface area contributed by atoms with E-state index >= 15 is 0 Å². The molecule has 0 radical (unpaired) electrons. The third-order valence-electron chi connectivity index (χ3n) is 4.24. The molecular weight excluding hydrogens is 314 g/mol. The first kappa shape index (κ1) is 15.6. The zero-order valence-electron chi connectivity index (χ0n) is 12.4. The SMILES string of the molecule is CC(C)CC1(CNC(=O)c2ccc(Br)cc2)CCCC1. The Hall–Kier alpha value is -0.830. The molecule has 1 aromatic rings. The molecular formula is C17H24BrNO. The Morgan fingerprint density at radius 1 is 1.25 bits per heavy atom. The summed E-state index contributed by atoms with van der Waals surface area (Å²) in [7, 11) is 0. The first-order valence-electron chi connectivity index (χ1n) is 7.55. The van der Waals surface area contributed by atoms with Gasteiger partial charge < -0.3 is 5.32 Å². The van der Waals surface area contributed by atoms with Gasteiger partial charge in [0, 0.05) is 16.6 Å². The zero-order valence-corrected chi connectivity index (χ0v) is 14.0. The van der Waals surface area contributed by atoms with Gasteiger partial charge in [-0.1, -0.05) is 42.6 Å². The third kappa shape index (κ3) is 4.08. The van der Waals surface area contributed by atoms with E-state index in [2.05, 4.69) is 35.1 Å². The molecule has 0 spiro atoms. The summed E-state index contributed by atoms with van der Waals surface area (Å²) in [6.07, 6.45) is 6.34. The molecule has 110 valence electrons. The third-order valence-corrected chi connectivity index (χ3v) is 4.76. The van der Waals surface area contributed by atoms with Crippen LogP contribution < -0.4 is 5.32 Å². The summed E-state index contributed by atoms with van der Waals surface area (Å²) in [4.78, 5) is 12.2. The minimum Gasteiger partial charge on any atom is -0.351 e. The van der Waals surface area contributed by atoms with Crippen LogP contribution in [-0.4, -0.2) is 12.5 Å². The van der Waals surface area contributed by atoms with E-state index in [-0.39, 0.29) is 5.91 Å². The van der Waals surface area contributed by atoms with E-state index in [9.17, 15) is 4.79 Å². The summed E-state index contributed by atoms with van der Waals surface area (Å²) in [5.41, 5.74) is 1.07. The fourth-order valence-electron chi connectivity index (χ4n) is 3.42. The number of nitrogens with one attached hydrogen (secondary N) is 1. The highest BCUT2D eigenvalue weighted by atomic mass is 79.9. The van der Waals surface area contributed by atoms with Crippen molar-refractivity contribution in [2.24, 2.45) is 11.3 Å². The minimum absolute atomic E-state index is 0.0486. The van der Waals surface area contributed by atoms with Crippen LogP contribution in [0.4, 0.5) is 0 Å². The number of hydrogen-bond acceptors (Lipinski definition) is 1. The van der Waals surface area contributed by atoms with E-state index in [0.29, 0.717) is 11.3 Å². The second-order valence-corrected chi connectivity index (χ2v) is 7.41. The molecule has 0 bridgehead atoms. The number of carbonyl (C=O) groups excluding carboxylic acids is 1. The second-order valence-electron chi connectivity index (χ2n) is 6.49. The van der Waals surface area contributed by atoms with Gasteiger partial charge in [-0.3, -0.25) is 4.79 Å². The van der Waals surface area contributed by atoms with Crippen molar-refractivity contribution in [1.82, 2.24) is 5.32 Å². The van der Waals surface area contributed by atoms with Crippen molar-refractivity contribution in [3.05, 3.63) is 34.3 Å². The molecule has 2 nitrogen and oxygen atoms in total. The quantitative estimate of drug-likeness (QED) is 0.822. The minimum atomic E-state index is 0.0486. The van der Waals surface area contributed by atoms with Gasteiger partial charge in [0.15, 0.2) is 0 Å². The van der Waals surface area contributed by atoms with Crippen LogP contribution >= 0.6 is 15.9 Å². The first-order chi connectivity index (χ1) is 9.51. The molecule has 0 atom stereocenters. The van der Waals surface area contributed by atoms with Crippen molar-refractivity contribution < 1.29 is 4.79 Å². The molecule has 1 fully saturated rings. The van der Waals surface area contributed by atoms with E-state index in [1.807, 2.05) is 24.3 Å². The first-order valence-corrected chi connectivity index (χ1v) is 8.34. The molecule has 2 rings (SSSR count). The fraction of sp³-hybridized carbons (Fsp3) is 0.588. The highest BCUT2D eigenvalue weighted by molar-refractivity contribution is 9.10. The highest BCUT2D eigenvalue weighted by Gasteiger charge is 2.34. The number of amides is 1. The zero-order chi connectivity index (χ0) is 14.6. The maximum absolute atomic E-state index is 12.2. The molecule has 0 unspecified atom stereocenters. The maximum atomic E-state index is 12.2. The molecule has 0 aromatic heterocycles. The Labute approximate surface area is 130 Å². The molecule has 1 N–H and O–H groups in total. The summed E-state index contributed by atoms with van der Waals surface area (Å²) < 4.78 is 1.00. The van der Waals surface area contributed by atoms with Crippen LogP contribution in [0.5, 0.6) is 0 Å². The Balaban J connectivity index is 1.95. The van der Waals surface area contributed by atoms with Crippen molar-refractivity contribution in [2.75, 3.05) is 6.54 Å². The Morgan fingerprint density at radius 2 is 1.85 bits per heavy atom. The Kier molecular flexibility index (Phi) is 5.25. The van der Waals surface area contributed by atoms with Crippen molar-refractivity contribution in [3.63, 3.8) is 0 Å². The number of halogens is 1. The van der Waals surface area contributed by atoms with E-state index in [1.165, 1.54) is 32.1 Å². The lowest BCUT2D eigenvalue weighted by molar-refractivity contribution is 0.0922. The van der Waals surface area contributed by atoms with E-state index in [1.54, 1.807) is 0 Å². The van der Waals surface area contributed by atoms with Gasteiger partial charge in [0.05, 0.1) is 0 Å². The molecule has 1 amide bonds. The summed E-state index contributed by atoms with van der Waals surface area (Å²) in [6.45, 7) is 5.37. The van der Waals surface area contributed by atoms with Gasteiger partial charge in [0.25, 0.3) is 5.91 Å². The van der Waals surface area contributed by atoms with Crippen molar-refractivity contribution in [1.29, 1.82) is 0 Å². The number of carbonyl (C=O) groups is 1. The lowest BCUT2D eigenvalue weighted by atomic mass is 9.78. The Morgan fingerprint density at radius 3 is 2.40 bits per heavy atom. The molecule has 20 heavy (non-hydrogen) atoms. The highest BCUT2D eigenvalue weighted by Crippen LogP contribution is 2.42. The molecule has 0 heterocycles. The van der Waals surface area contributed by atoms with Crippen LogP contribution in [0, 0.1) is 11.3 Å². The number of benzene rings is 1. The summed E-state index contributed by atoms with van der Waals surface area (Å²) in [6, 6.07) is 7.55. The van der Waals surface area contributed by atoms with Gasteiger partial charge in [0.2, 0.25) is 0 Å². The normalized spacial score (nSPS) is 17.4. The van der Waals surface area contributed by atoms with Gasteiger partial charge in [0.1, 0.15) is 0 Å². The predicted molar refractivity (Wildman–Crippen MR) is 86.8 cm³/mol. The van der Waals surface area contributed by atoms with Crippen LogP contribution in [0.2, 0.25) is 0 Å². The fourth-order valence-corrected chi connectivity index (χ4v) is 3.68. The molecule has 3 heteroatoms. The molecule has 1 aliphatic rings. The van der Waals surface area contributed by atoms with Crippen LogP contribution in [0.15, 0.2) is 28.7 Å². The number of rotatable bonds is 5. The second kappa shape index (κ2) is 6.75. The van der Waals surface area contributed by atoms with E-state index in [4.69, 9.17) is 0 Å². The molecule has 1 aromatic carbocycles. The average Bonchev–Trinajstić information content (AvgIpc) is 2.85. The smallest absolute Gasteiger partial charge is 0.251 e. The average molecular weight is 338 g/mol. The lowest BCUT2D eigenvalue weighted by Crippen LogP contribution is -2.36. The molecule has 1 aliphatic carbocycles. The van der Waals surface area contributed by atoms with Crippen LogP contribution in [0.3, 0.4) is 0 Å². The molecule has 1 saturated carbocycles. The van der Waals surface area contributed by atoms with Crippen LogP contribution in [0.25, 0.3) is 0 Å².